The first kappa shape index (κ1) is 13.1. The molecule has 0 aliphatic heterocycles. The lowest BCUT2D eigenvalue weighted by Crippen LogP contribution is -2.59. The zero-order valence-corrected chi connectivity index (χ0v) is 10.5. The van der Waals surface area contributed by atoms with E-state index in [1.54, 1.807) is 21.3 Å². The van der Waals surface area contributed by atoms with Gasteiger partial charge >= 0.3 is 8.80 Å². The average molecular weight is 207 g/mol. The Morgan fingerprint density at radius 3 is 1.54 bits per heavy atom. The van der Waals surface area contributed by atoms with Crippen LogP contribution in [-0.2, 0) is 13.3 Å². The molecule has 13 heavy (non-hydrogen) atoms. The molecule has 1 unspecified atom stereocenters. The van der Waals surface area contributed by atoms with E-state index in [9.17, 15) is 0 Å². The van der Waals surface area contributed by atoms with Crippen LogP contribution in [0.2, 0.25) is 0 Å². The van der Waals surface area contributed by atoms with E-state index in [1.807, 2.05) is 14.1 Å². The minimum atomic E-state index is -2.48. The third-order valence-electron chi connectivity index (χ3n) is 2.27. The molecule has 0 spiro atoms. The molecule has 0 aromatic rings. The summed E-state index contributed by atoms with van der Waals surface area (Å²) in [5.41, 5.74) is 0.215. The maximum Gasteiger partial charge on any atom is 0.518 e. The van der Waals surface area contributed by atoms with Crippen LogP contribution in [-0.4, -0.2) is 54.8 Å². The van der Waals surface area contributed by atoms with Gasteiger partial charge in [0.2, 0.25) is 0 Å². The molecule has 80 valence electrons. The Labute approximate surface area is 82.1 Å². The fourth-order valence-corrected chi connectivity index (χ4v) is 4.04. The zero-order chi connectivity index (χ0) is 10.5. The van der Waals surface area contributed by atoms with Gasteiger partial charge in [-0.1, -0.05) is 6.92 Å². The summed E-state index contributed by atoms with van der Waals surface area (Å²) in [6, 6.07) is 0. The highest BCUT2D eigenvalue weighted by Crippen LogP contribution is 2.18. The van der Waals surface area contributed by atoms with Crippen molar-refractivity contribution in [1.29, 1.82) is 0 Å². The molecule has 0 aliphatic carbocycles. The Bertz CT molecular complexity index is 131. The Balaban J connectivity index is 4.65. The van der Waals surface area contributed by atoms with Gasteiger partial charge < -0.3 is 18.2 Å². The van der Waals surface area contributed by atoms with Gasteiger partial charge in [-0.2, -0.15) is 0 Å². The maximum absolute atomic E-state index is 5.40. The molecule has 0 radical (unpaired) electrons. The summed E-state index contributed by atoms with van der Waals surface area (Å²) in [4.78, 5) is 2.09. The Morgan fingerprint density at radius 1 is 1.08 bits per heavy atom. The van der Waals surface area contributed by atoms with E-state index in [1.165, 1.54) is 0 Å². The number of hydrogen-bond acceptors (Lipinski definition) is 4. The molecular weight excluding hydrogens is 186 g/mol. The van der Waals surface area contributed by atoms with E-state index in [-0.39, 0.29) is 5.67 Å². The van der Waals surface area contributed by atoms with Crippen LogP contribution < -0.4 is 0 Å². The predicted molar refractivity (Wildman–Crippen MR) is 54.5 cm³/mol. The second-order valence-electron chi connectivity index (χ2n) is 3.10. The molecule has 0 aliphatic rings. The van der Waals surface area contributed by atoms with Crippen LogP contribution in [0, 0.1) is 0 Å². The monoisotopic (exact) mass is 207 g/mol. The highest BCUT2D eigenvalue weighted by atomic mass is 28.4. The second-order valence-corrected chi connectivity index (χ2v) is 6.20. The van der Waals surface area contributed by atoms with E-state index >= 15 is 0 Å². The van der Waals surface area contributed by atoms with Gasteiger partial charge in [0.1, 0.15) is 0 Å². The van der Waals surface area contributed by atoms with Crippen molar-refractivity contribution in [1.82, 2.24) is 4.90 Å². The Morgan fingerprint density at radius 2 is 1.46 bits per heavy atom. The molecule has 0 amide bonds. The van der Waals surface area contributed by atoms with E-state index in [2.05, 4.69) is 11.8 Å². The molecule has 1 atom stereocenters. The van der Waals surface area contributed by atoms with Crippen LogP contribution in [0.1, 0.15) is 13.3 Å². The van der Waals surface area contributed by atoms with Crippen LogP contribution in [0.15, 0.2) is 0 Å². The summed E-state index contributed by atoms with van der Waals surface area (Å²) in [6.45, 7) is 2.10. The summed E-state index contributed by atoms with van der Waals surface area (Å²) >= 11 is 0. The third kappa shape index (κ3) is 2.75. The molecule has 5 heteroatoms. The van der Waals surface area contributed by atoms with Crippen LogP contribution in [0.4, 0.5) is 0 Å². The average Bonchev–Trinajstić information content (AvgIpc) is 2.13. The summed E-state index contributed by atoms with van der Waals surface area (Å²) < 4.78 is 16.2. The molecule has 0 rings (SSSR count). The summed E-state index contributed by atoms with van der Waals surface area (Å²) in [5, 5.41) is 0. The van der Waals surface area contributed by atoms with Gasteiger partial charge in [0.05, 0.1) is 5.67 Å². The van der Waals surface area contributed by atoms with Crippen molar-refractivity contribution in [2.45, 2.75) is 19.0 Å². The maximum atomic E-state index is 5.40. The second kappa shape index (κ2) is 5.72. The predicted octanol–water partition coefficient (Wildman–Crippen LogP) is 0.744. The largest absolute Gasteiger partial charge is 0.518 e. The molecule has 0 fully saturated rings. The third-order valence-corrected chi connectivity index (χ3v) is 5.72. The van der Waals surface area contributed by atoms with Crippen molar-refractivity contribution >= 4 is 8.80 Å². The number of rotatable bonds is 6. The Hall–Kier alpha value is 0.0569. The lowest BCUT2D eigenvalue weighted by molar-refractivity contribution is 0.0864. The minimum Gasteiger partial charge on any atom is -0.376 e. The van der Waals surface area contributed by atoms with Gasteiger partial charge in [0.15, 0.2) is 0 Å². The molecule has 0 aromatic carbocycles. The van der Waals surface area contributed by atoms with Crippen molar-refractivity contribution < 1.29 is 13.3 Å². The lowest BCUT2D eigenvalue weighted by Gasteiger charge is -2.35. The van der Waals surface area contributed by atoms with Crippen LogP contribution in [0.25, 0.3) is 0 Å². The standard InChI is InChI=1S/C8H21NO3Si/c1-7-8(9(2)3)13(10-4,11-5)12-6/h8H,7H2,1-6H3. The molecule has 0 saturated carbocycles. The summed E-state index contributed by atoms with van der Waals surface area (Å²) in [5.74, 6) is 0. The van der Waals surface area contributed by atoms with Gasteiger partial charge in [-0.25, -0.2) is 0 Å². The van der Waals surface area contributed by atoms with Gasteiger partial charge in [0, 0.05) is 21.3 Å². The van der Waals surface area contributed by atoms with Crippen LogP contribution in [0.5, 0.6) is 0 Å². The molecule has 0 saturated heterocycles. The van der Waals surface area contributed by atoms with Crippen molar-refractivity contribution in [3.05, 3.63) is 0 Å². The summed E-state index contributed by atoms with van der Waals surface area (Å²) in [6.07, 6.45) is 0.953. The first-order valence-corrected chi connectivity index (χ1v) is 6.20. The Kier molecular flexibility index (Phi) is 5.74. The molecule has 4 nitrogen and oxygen atoms in total. The molecular formula is C8H21NO3Si. The SMILES string of the molecule is CCC(N(C)C)[Si](OC)(OC)OC. The van der Waals surface area contributed by atoms with Gasteiger partial charge in [-0.05, 0) is 20.5 Å². The lowest BCUT2D eigenvalue weighted by atomic mass is 10.4. The quantitative estimate of drug-likeness (QED) is 0.601. The first-order chi connectivity index (χ1) is 6.07. The fraction of sp³-hybridized carbons (Fsp3) is 1.00. The van der Waals surface area contributed by atoms with Crippen LogP contribution in [0.3, 0.4) is 0 Å². The topological polar surface area (TPSA) is 30.9 Å². The minimum absolute atomic E-state index is 0.215. The first-order valence-electron chi connectivity index (χ1n) is 4.39. The molecule has 0 bridgehead atoms. The zero-order valence-electron chi connectivity index (χ0n) is 9.46. The van der Waals surface area contributed by atoms with Gasteiger partial charge in [-0.15, -0.1) is 0 Å². The van der Waals surface area contributed by atoms with Gasteiger partial charge in [0.25, 0.3) is 0 Å². The summed E-state index contributed by atoms with van der Waals surface area (Å²) in [7, 11) is 6.46. The van der Waals surface area contributed by atoms with E-state index in [4.69, 9.17) is 13.3 Å². The van der Waals surface area contributed by atoms with Crippen molar-refractivity contribution in [3.8, 4) is 0 Å². The fourth-order valence-electron chi connectivity index (χ4n) is 1.59. The number of hydrogen-bond donors (Lipinski definition) is 0. The smallest absolute Gasteiger partial charge is 0.376 e. The van der Waals surface area contributed by atoms with Crippen molar-refractivity contribution in [3.63, 3.8) is 0 Å². The van der Waals surface area contributed by atoms with Crippen molar-refractivity contribution in [2.24, 2.45) is 0 Å². The highest BCUT2D eigenvalue weighted by molar-refractivity contribution is 6.62. The normalized spacial score (nSPS) is 15.0. The molecule has 0 heterocycles. The van der Waals surface area contributed by atoms with E-state index in [0.29, 0.717) is 0 Å². The van der Waals surface area contributed by atoms with E-state index in [0.717, 1.165) is 6.42 Å². The van der Waals surface area contributed by atoms with Crippen molar-refractivity contribution in [2.75, 3.05) is 35.4 Å². The van der Waals surface area contributed by atoms with E-state index < -0.39 is 8.80 Å². The molecule has 0 N–H and O–H groups in total. The van der Waals surface area contributed by atoms with Crippen LogP contribution >= 0.6 is 0 Å². The van der Waals surface area contributed by atoms with Gasteiger partial charge in [-0.3, -0.25) is 0 Å². The highest BCUT2D eigenvalue weighted by Gasteiger charge is 2.47. The number of nitrogens with zero attached hydrogens (tertiary/aromatic N) is 1. The molecule has 0 aromatic heterocycles.